The van der Waals surface area contributed by atoms with E-state index >= 15 is 0 Å². The van der Waals surface area contributed by atoms with Crippen LogP contribution in [0.4, 0.5) is 11.5 Å². The van der Waals surface area contributed by atoms with Crippen molar-refractivity contribution in [2.24, 2.45) is 0 Å². The Morgan fingerprint density at radius 2 is 1.61 bits per heavy atom. The fourth-order valence-corrected chi connectivity index (χ4v) is 5.42. The predicted octanol–water partition coefficient (Wildman–Crippen LogP) is 5.18. The van der Waals surface area contributed by atoms with Crippen LogP contribution < -0.4 is 15.8 Å². The van der Waals surface area contributed by atoms with Gasteiger partial charge in [0.25, 0.3) is 11.5 Å². The summed E-state index contributed by atoms with van der Waals surface area (Å²) in [6, 6.07) is 25.0. The Hall–Kier alpha value is -4.73. The van der Waals surface area contributed by atoms with E-state index in [4.69, 9.17) is 0 Å². The molecule has 2 N–H and O–H groups in total. The minimum absolute atomic E-state index is 0.0367. The molecule has 9 nitrogen and oxygen atoms in total. The summed E-state index contributed by atoms with van der Waals surface area (Å²) in [5.74, 6) is 0.434. The molecule has 5 aromatic rings. The monoisotopic (exact) mass is 592 g/mol. The number of pyridine rings is 1. The van der Waals surface area contributed by atoms with E-state index in [1.54, 1.807) is 37.6 Å². The summed E-state index contributed by atoms with van der Waals surface area (Å²) in [6.45, 7) is 6.99. The maximum Gasteiger partial charge on any atom is 0.284 e. The lowest BCUT2D eigenvalue weighted by atomic mass is 9.98. The van der Waals surface area contributed by atoms with E-state index < -0.39 is 17.1 Å². The van der Waals surface area contributed by atoms with Gasteiger partial charge < -0.3 is 20.2 Å². The standard InChI is InChI=1S/C35H40N6O3/c1-24-31(34(43)41(27-11-8-7-9-12-27)40(24)23-35(2,3)44)33(42)37-26-17-15-25(16-18-26)28-13-10-14-30-29(28)19-20-36-32(30)39(6)22-21-38(4)5/h7-20,44H,21-23H2,1-6H3,(H,37,42). The highest BCUT2D eigenvalue weighted by molar-refractivity contribution is 6.05. The maximum atomic E-state index is 13.6. The maximum absolute atomic E-state index is 13.6. The van der Waals surface area contributed by atoms with Crippen molar-refractivity contribution in [3.63, 3.8) is 0 Å². The van der Waals surface area contributed by atoms with Crippen molar-refractivity contribution in [1.29, 1.82) is 0 Å². The van der Waals surface area contributed by atoms with Gasteiger partial charge in [-0.3, -0.25) is 14.3 Å². The molecule has 0 spiro atoms. The van der Waals surface area contributed by atoms with Gasteiger partial charge in [0.1, 0.15) is 11.4 Å². The number of carbonyl (C=O) groups is 1. The molecule has 0 saturated heterocycles. The van der Waals surface area contributed by atoms with Gasteiger partial charge in [-0.2, -0.15) is 0 Å². The van der Waals surface area contributed by atoms with Crippen molar-refractivity contribution in [1.82, 2.24) is 19.2 Å². The molecule has 0 aliphatic carbocycles. The number of likely N-dealkylation sites (N-methyl/N-ethyl adjacent to an activating group) is 2. The van der Waals surface area contributed by atoms with Crippen molar-refractivity contribution in [3.05, 3.63) is 107 Å². The molecular weight excluding hydrogens is 552 g/mol. The lowest BCUT2D eigenvalue weighted by Gasteiger charge is -2.22. The van der Waals surface area contributed by atoms with Gasteiger partial charge in [0.15, 0.2) is 0 Å². The Balaban J connectivity index is 1.44. The van der Waals surface area contributed by atoms with Gasteiger partial charge >= 0.3 is 0 Å². The van der Waals surface area contributed by atoms with E-state index in [1.807, 2.05) is 60.8 Å². The topological polar surface area (TPSA) is 95.6 Å². The van der Waals surface area contributed by atoms with E-state index in [9.17, 15) is 14.7 Å². The molecule has 5 rings (SSSR count). The molecule has 0 radical (unpaired) electrons. The number of aromatic nitrogens is 3. The number of amides is 1. The van der Waals surface area contributed by atoms with Crippen molar-refractivity contribution in [3.8, 4) is 16.8 Å². The number of anilines is 2. The zero-order chi connectivity index (χ0) is 31.6. The van der Waals surface area contributed by atoms with E-state index in [0.717, 1.165) is 40.8 Å². The number of benzene rings is 3. The Labute approximate surface area is 258 Å². The lowest BCUT2D eigenvalue weighted by molar-refractivity contribution is 0.0546. The molecule has 0 saturated carbocycles. The van der Waals surface area contributed by atoms with Crippen LogP contribution in [0.25, 0.3) is 27.6 Å². The third-order valence-corrected chi connectivity index (χ3v) is 7.64. The number of nitrogens with zero attached hydrogens (tertiary/aromatic N) is 5. The predicted molar refractivity (Wildman–Crippen MR) is 178 cm³/mol. The molecule has 2 aromatic heterocycles. The number of carbonyl (C=O) groups excluding carboxylic acids is 1. The van der Waals surface area contributed by atoms with Gasteiger partial charge in [-0.05, 0) is 81.7 Å². The fraction of sp³-hybridized carbons (Fsp3) is 0.286. The molecule has 3 aromatic carbocycles. The quantitative estimate of drug-likeness (QED) is 0.232. The van der Waals surface area contributed by atoms with E-state index in [2.05, 4.69) is 53.4 Å². The summed E-state index contributed by atoms with van der Waals surface area (Å²) in [6.07, 6.45) is 1.84. The minimum atomic E-state index is -1.10. The van der Waals surface area contributed by atoms with E-state index in [1.165, 1.54) is 4.68 Å². The van der Waals surface area contributed by atoms with Crippen LogP contribution in [0.3, 0.4) is 0 Å². The number of rotatable bonds is 10. The normalized spacial score (nSPS) is 11.7. The summed E-state index contributed by atoms with van der Waals surface area (Å²) in [7, 11) is 6.18. The highest BCUT2D eigenvalue weighted by atomic mass is 16.3. The van der Waals surface area contributed by atoms with Crippen molar-refractivity contribution in [2.45, 2.75) is 32.9 Å². The van der Waals surface area contributed by atoms with Gasteiger partial charge in [-0.25, -0.2) is 9.67 Å². The summed E-state index contributed by atoms with van der Waals surface area (Å²) < 4.78 is 3.12. The average Bonchev–Trinajstić information content (AvgIpc) is 3.23. The molecule has 1 amide bonds. The fourth-order valence-electron chi connectivity index (χ4n) is 5.42. The molecule has 44 heavy (non-hydrogen) atoms. The zero-order valence-corrected chi connectivity index (χ0v) is 26.2. The first-order valence-electron chi connectivity index (χ1n) is 14.7. The summed E-state index contributed by atoms with van der Waals surface area (Å²) in [5.41, 5.74) is 2.23. The van der Waals surface area contributed by atoms with E-state index in [0.29, 0.717) is 17.1 Å². The molecule has 2 heterocycles. The van der Waals surface area contributed by atoms with E-state index in [-0.39, 0.29) is 12.1 Å². The van der Waals surface area contributed by atoms with Crippen LogP contribution in [0, 0.1) is 6.92 Å². The first kappa shape index (κ1) is 30.7. The number of fused-ring (bicyclic) bond motifs is 1. The van der Waals surface area contributed by atoms with Crippen LogP contribution in [0.5, 0.6) is 0 Å². The summed E-state index contributed by atoms with van der Waals surface area (Å²) >= 11 is 0. The number of aliphatic hydroxyl groups is 1. The minimum Gasteiger partial charge on any atom is -0.389 e. The highest BCUT2D eigenvalue weighted by Gasteiger charge is 2.27. The second kappa shape index (κ2) is 12.5. The molecule has 0 bridgehead atoms. The zero-order valence-electron chi connectivity index (χ0n) is 26.2. The SMILES string of the molecule is Cc1c(C(=O)Nc2ccc(-c3cccc4c(N(C)CCN(C)C)nccc34)cc2)c(=O)n(-c2ccccc2)n1CC(C)(C)O. The Morgan fingerprint density at radius 3 is 2.27 bits per heavy atom. The number of hydrogen-bond donors (Lipinski definition) is 2. The third-order valence-electron chi connectivity index (χ3n) is 7.64. The van der Waals surface area contributed by atoms with Gasteiger partial charge in [0, 0.05) is 37.4 Å². The molecule has 0 fully saturated rings. The smallest absolute Gasteiger partial charge is 0.284 e. The van der Waals surface area contributed by atoms with Crippen molar-refractivity contribution < 1.29 is 9.90 Å². The Morgan fingerprint density at radius 1 is 0.909 bits per heavy atom. The summed E-state index contributed by atoms with van der Waals surface area (Å²) in [5, 5.41) is 15.6. The van der Waals surface area contributed by atoms with Crippen LogP contribution in [0.2, 0.25) is 0 Å². The van der Waals surface area contributed by atoms with Crippen LogP contribution in [-0.2, 0) is 6.54 Å². The van der Waals surface area contributed by atoms with Crippen LogP contribution in [0.1, 0.15) is 29.9 Å². The lowest BCUT2D eigenvalue weighted by Crippen LogP contribution is -2.32. The van der Waals surface area contributed by atoms with Gasteiger partial charge in [-0.1, -0.05) is 48.5 Å². The molecule has 0 unspecified atom stereocenters. The number of para-hydroxylation sites is 1. The largest absolute Gasteiger partial charge is 0.389 e. The van der Waals surface area contributed by atoms with Gasteiger partial charge in [-0.15, -0.1) is 0 Å². The van der Waals surface area contributed by atoms with Crippen LogP contribution >= 0.6 is 0 Å². The number of nitrogens with one attached hydrogen (secondary N) is 1. The first-order valence-corrected chi connectivity index (χ1v) is 14.7. The first-order chi connectivity index (χ1) is 20.9. The second-order valence-corrected chi connectivity index (χ2v) is 12.1. The molecule has 9 heteroatoms. The van der Waals surface area contributed by atoms with Crippen molar-refractivity contribution >= 4 is 28.2 Å². The Kier molecular flexibility index (Phi) is 8.71. The molecule has 0 atom stereocenters. The molecule has 0 aliphatic heterocycles. The average molecular weight is 593 g/mol. The Bertz CT molecular complexity index is 1830. The highest BCUT2D eigenvalue weighted by Crippen LogP contribution is 2.33. The molecule has 0 aliphatic rings. The van der Waals surface area contributed by atoms with Gasteiger partial charge in [0.05, 0.1) is 23.5 Å². The second-order valence-electron chi connectivity index (χ2n) is 12.1. The third kappa shape index (κ3) is 6.44. The summed E-state index contributed by atoms with van der Waals surface area (Å²) in [4.78, 5) is 36.2. The molecule has 228 valence electrons. The van der Waals surface area contributed by atoms with Crippen LogP contribution in [0.15, 0.2) is 89.9 Å². The van der Waals surface area contributed by atoms with Crippen molar-refractivity contribution in [2.75, 3.05) is 44.4 Å². The number of hydrogen-bond acceptors (Lipinski definition) is 6. The van der Waals surface area contributed by atoms with Crippen LogP contribution in [-0.4, -0.2) is 70.1 Å². The molecular formula is C35H40N6O3. The van der Waals surface area contributed by atoms with Gasteiger partial charge in [0.2, 0.25) is 0 Å².